The van der Waals surface area contributed by atoms with Gasteiger partial charge in [-0.2, -0.15) is 10.2 Å². The zero-order chi connectivity index (χ0) is 12.4. The van der Waals surface area contributed by atoms with Crippen molar-refractivity contribution in [1.29, 1.82) is 5.26 Å². The predicted octanol–water partition coefficient (Wildman–Crippen LogP) is 2.04. The van der Waals surface area contributed by atoms with Crippen molar-refractivity contribution >= 4 is 17.1 Å². The number of anilines is 1. The maximum Gasteiger partial charge on any atom is 0.313 e. The molecule has 0 aliphatic carbocycles. The lowest BCUT2D eigenvalue weighted by Crippen LogP contribution is -2.31. The van der Waals surface area contributed by atoms with Gasteiger partial charge >= 0.3 is 6.01 Å². The number of aromatic nitrogens is 1. The topological polar surface area (TPSA) is 79.1 Å². The van der Waals surface area contributed by atoms with Crippen molar-refractivity contribution in [3.8, 4) is 6.07 Å². The molecule has 1 aromatic heterocycles. The molecule has 0 aliphatic heterocycles. The highest BCUT2D eigenvalue weighted by Crippen LogP contribution is 2.23. The van der Waals surface area contributed by atoms with Crippen LogP contribution in [0.1, 0.15) is 17.5 Å². The lowest BCUT2D eigenvalue weighted by atomic mass is 10.1. The molecule has 0 spiro atoms. The molecule has 5 heteroatoms. The highest BCUT2D eigenvalue weighted by molar-refractivity contribution is 5.76. The molecular weight excluding hydrogens is 216 g/mol. The summed E-state index contributed by atoms with van der Waals surface area (Å²) in [5.41, 5.74) is 3.82. The third kappa shape index (κ3) is 2.22. The Balaban J connectivity index is 2.35. The first kappa shape index (κ1) is 11.4. The summed E-state index contributed by atoms with van der Waals surface area (Å²) in [4.78, 5) is 4.29. The molecule has 0 unspecified atom stereocenters. The first-order valence-corrected chi connectivity index (χ1v) is 5.39. The zero-order valence-corrected chi connectivity index (χ0v) is 9.90. The Morgan fingerprint density at radius 2 is 2.12 bits per heavy atom. The molecule has 17 heavy (non-hydrogen) atoms. The minimum absolute atomic E-state index is 0.341. The monoisotopic (exact) mass is 230 g/mol. The number of nitrogens with two attached hydrogens (primary N) is 1. The Morgan fingerprint density at radius 1 is 1.41 bits per heavy atom. The Morgan fingerprint density at radius 3 is 2.82 bits per heavy atom. The van der Waals surface area contributed by atoms with E-state index in [1.807, 2.05) is 32.0 Å². The number of nitriles is 1. The van der Waals surface area contributed by atoms with Crippen molar-refractivity contribution in [1.82, 2.24) is 4.98 Å². The molecule has 2 aromatic rings. The van der Waals surface area contributed by atoms with Crippen molar-refractivity contribution in [2.45, 2.75) is 20.3 Å². The average molecular weight is 230 g/mol. The van der Waals surface area contributed by atoms with Crippen LogP contribution in [-0.2, 0) is 0 Å². The standard InChI is InChI=1S/C12H14N4O/c1-8-6-10-11(7-9(8)2)17-12(15-10)16(14)5-3-4-13/h6-7H,3,5,14H2,1-2H3. The summed E-state index contributed by atoms with van der Waals surface area (Å²) >= 11 is 0. The van der Waals surface area contributed by atoms with E-state index in [9.17, 15) is 0 Å². The Bertz CT molecular complexity index is 543. The van der Waals surface area contributed by atoms with Gasteiger partial charge < -0.3 is 4.42 Å². The highest BCUT2D eigenvalue weighted by Gasteiger charge is 2.11. The maximum atomic E-state index is 8.49. The van der Waals surface area contributed by atoms with Crippen LogP contribution in [0.2, 0.25) is 0 Å². The summed E-state index contributed by atoms with van der Waals surface area (Å²) < 4.78 is 5.54. The highest BCUT2D eigenvalue weighted by atomic mass is 16.4. The summed E-state index contributed by atoms with van der Waals surface area (Å²) in [6.07, 6.45) is 0.341. The van der Waals surface area contributed by atoms with E-state index in [2.05, 4.69) is 4.98 Å². The third-order valence-corrected chi connectivity index (χ3v) is 2.70. The first-order valence-electron chi connectivity index (χ1n) is 5.39. The van der Waals surface area contributed by atoms with Gasteiger partial charge in [-0.1, -0.05) is 0 Å². The second-order valence-corrected chi connectivity index (χ2v) is 4.00. The SMILES string of the molecule is Cc1cc2nc(N(N)CCC#N)oc2cc1C. The van der Waals surface area contributed by atoms with Crippen LogP contribution in [0.25, 0.3) is 11.1 Å². The van der Waals surface area contributed by atoms with E-state index in [0.717, 1.165) is 22.2 Å². The van der Waals surface area contributed by atoms with Crippen LogP contribution >= 0.6 is 0 Å². The Kier molecular flexibility index (Phi) is 2.98. The van der Waals surface area contributed by atoms with Crippen LogP contribution in [0.3, 0.4) is 0 Å². The number of benzene rings is 1. The molecule has 1 heterocycles. The average Bonchev–Trinajstić information content (AvgIpc) is 2.69. The number of rotatable bonds is 3. The van der Waals surface area contributed by atoms with E-state index in [4.69, 9.17) is 15.5 Å². The molecule has 2 rings (SSSR count). The van der Waals surface area contributed by atoms with Gasteiger partial charge in [-0.15, -0.1) is 0 Å². The summed E-state index contributed by atoms with van der Waals surface area (Å²) in [5.74, 6) is 5.75. The summed E-state index contributed by atoms with van der Waals surface area (Å²) in [6.45, 7) is 4.45. The molecule has 0 bridgehead atoms. The minimum Gasteiger partial charge on any atom is -0.422 e. The van der Waals surface area contributed by atoms with Crippen molar-refractivity contribution in [2.75, 3.05) is 11.6 Å². The molecule has 0 saturated carbocycles. The van der Waals surface area contributed by atoms with Crippen molar-refractivity contribution in [3.63, 3.8) is 0 Å². The van der Waals surface area contributed by atoms with Crippen LogP contribution in [0, 0.1) is 25.2 Å². The number of hydrazine groups is 1. The van der Waals surface area contributed by atoms with Gasteiger partial charge in [0.05, 0.1) is 19.0 Å². The van der Waals surface area contributed by atoms with Gasteiger partial charge in [0, 0.05) is 0 Å². The second kappa shape index (κ2) is 4.44. The largest absolute Gasteiger partial charge is 0.422 e. The van der Waals surface area contributed by atoms with Crippen LogP contribution in [-0.4, -0.2) is 11.5 Å². The van der Waals surface area contributed by atoms with E-state index in [-0.39, 0.29) is 0 Å². The number of fused-ring (bicyclic) bond motifs is 1. The minimum atomic E-state index is 0.341. The van der Waals surface area contributed by atoms with Gasteiger partial charge in [0.1, 0.15) is 5.52 Å². The normalized spacial score (nSPS) is 10.5. The smallest absolute Gasteiger partial charge is 0.313 e. The van der Waals surface area contributed by atoms with Crippen molar-refractivity contribution in [2.24, 2.45) is 5.84 Å². The predicted molar refractivity (Wildman–Crippen MR) is 65.2 cm³/mol. The van der Waals surface area contributed by atoms with Gasteiger partial charge in [0.25, 0.3) is 0 Å². The van der Waals surface area contributed by atoms with E-state index >= 15 is 0 Å². The van der Waals surface area contributed by atoms with E-state index in [1.165, 1.54) is 5.01 Å². The van der Waals surface area contributed by atoms with E-state index in [1.54, 1.807) is 0 Å². The van der Waals surface area contributed by atoms with Crippen molar-refractivity contribution in [3.05, 3.63) is 23.3 Å². The zero-order valence-electron chi connectivity index (χ0n) is 9.90. The molecule has 0 amide bonds. The quantitative estimate of drug-likeness (QED) is 0.644. The van der Waals surface area contributed by atoms with Crippen LogP contribution < -0.4 is 10.9 Å². The van der Waals surface area contributed by atoms with Gasteiger partial charge in [0.15, 0.2) is 5.58 Å². The molecule has 0 radical (unpaired) electrons. The van der Waals surface area contributed by atoms with E-state index < -0.39 is 0 Å². The summed E-state index contributed by atoms with van der Waals surface area (Å²) in [5, 5.41) is 9.85. The number of oxazole rings is 1. The van der Waals surface area contributed by atoms with Gasteiger partial charge in [-0.25, -0.2) is 5.84 Å². The van der Waals surface area contributed by atoms with E-state index in [0.29, 0.717) is 19.0 Å². The molecule has 0 aliphatic rings. The lowest BCUT2D eigenvalue weighted by molar-refractivity contribution is 0.572. The van der Waals surface area contributed by atoms with Crippen LogP contribution in [0.5, 0.6) is 0 Å². The fourth-order valence-electron chi connectivity index (χ4n) is 1.56. The fourth-order valence-corrected chi connectivity index (χ4v) is 1.56. The number of aryl methyl sites for hydroxylation is 2. The molecular formula is C12H14N4O. The van der Waals surface area contributed by atoms with Crippen LogP contribution in [0.4, 0.5) is 6.01 Å². The molecule has 0 fully saturated rings. The van der Waals surface area contributed by atoms with Crippen LogP contribution in [0.15, 0.2) is 16.5 Å². The Labute approximate surface area is 99.4 Å². The number of hydrogen-bond acceptors (Lipinski definition) is 5. The maximum absolute atomic E-state index is 8.49. The fraction of sp³-hybridized carbons (Fsp3) is 0.333. The van der Waals surface area contributed by atoms with Gasteiger partial charge in [0.2, 0.25) is 0 Å². The number of nitrogens with zero attached hydrogens (tertiary/aromatic N) is 3. The first-order chi connectivity index (χ1) is 8.11. The molecule has 0 saturated heterocycles. The summed E-state index contributed by atoms with van der Waals surface area (Å²) in [7, 11) is 0. The molecule has 0 atom stereocenters. The molecule has 2 N–H and O–H groups in total. The van der Waals surface area contributed by atoms with Gasteiger partial charge in [-0.05, 0) is 37.1 Å². The third-order valence-electron chi connectivity index (χ3n) is 2.70. The van der Waals surface area contributed by atoms with Gasteiger partial charge in [-0.3, -0.25) is 5.01 Å². The molecule has 1 aromatic carbocycles. The lowest BCUT2D eigenvalue weighted by Gasteiger charge is -2.10. The summed E-state index contributed by atoms with van der Waals surface area (Å²) in [6, 6.07) is 6.29. The van der Waals surface area contributed by atoms with Crippen molar-refractivity contribution < 1.29 is 4.42 Å². The molecule has 88 valence electrons. The Hall–Kier alpha value is -2.06. The number of hydrogen-bond donors (Lipinski definition) is 1. The second-order valence-electron chi connectivity index (χ2n) is 4.00. The molecule has 5 nitrogen and oxygen atoms in total.